The van der Waals surface area contributed by atoms with Crippen molar-refractivity contribution in [2.75, 3.05) is 30.9 Å². The van der Waals surface area contributed by atoms with Gasteiger partial charge in [0.25, 0.3) is 5.91 Å². The summed E-state index contributed by atoms with van der Waals surface area (Å²) in [5.41, 5.74) is -1.89. The van der Waals surface area contributed by atoms with E-state index in [4.69, 9.17) is 32.7 Å². The van der Waals surface area contributed by atoms with Gasteiger partial charge in [-0.2, -0.15) is 0 Å². The van der Waals surface area contributed by atoms with Gasteiger partial charge in [0.05, 0.1) is 41.4 Å². The number of carbonyl (C=O) groups excluding carboxylic acids is 5. The first-order valence-electron chi connectivity index (χ1n) is 12.1. The minimum absolute atomic E-state index is 0.0524. The molecule has 0 spiro atoms. The number of halogens is 2. The molecule has 1 heterocycles. The third-order valence-electron chi connectivity index (χ3n) is 5.46. The highest BCUT2D eigenvalue weighted by molar-refractivity contribution is 7.16. The van der Waals surface area contributed by atoms with Crippen molar-refractivity contribution in [2.24, 2.45) is 0 Å². The molecule has 1 atom stereocenters. The molecule has 0 aliphatic rings. The van der Waals surface area contributed by atoms with E-state index in [0.29, 0.717) is 0 Å². The lowest BCUT2D eigenvalue weighted by molar-refractivity contribution is -0.146. The van der Waals surface area contributed by atoms with Crippen molar-refractivity contribution in [3.05, 3.63) is 44.8 Å². The average molecular weight is 616 g/mol. The average Bonchev–Trinajstić information content (AvgIpc) is 3.29. The van der Waals surface area contributed by atoms with Crippen LogP contribution in [-0.2, 0) is 29.3 Å². The zero-order valence-corrected chi connectivity index (χ0v) is 25.3. The molecular weight excluding hydrogens is 583 g/mol. The zero-order chi connectivity index (χ0) is 30.3. The van der Waals surface area contributed by atoms with Crippen molar-refractivity contribution in [3.8, 4) is 0 Å². The molecule has 0 fully saturated rings. The van der Waals surface area contributed by atoms with Gasteiger partial charge in [-0.05, 0) is 37.5 Å². The Kier molecular flexibility index (Phi) is 11.4. The van der Waals surface area contributed by atoms with Crippen LogP contribution < -0.4 is 21.3 Å². The monoisotopic (exact) mass is 614 g/mol. The van der Waals surface area contributed by atoms with Crippen LogP contribution in [0.15, 0.2) is 24.3 Å². The Hall–Kier alpha value is -3.35. The fraction of sp³-hybridized carbons (Fsp3) is 0.423. The lowest BCUT2D eigenvalue weighted by Gasteiger charge is -2.28. The maximum atomic E-state index is 13.5. The maximum Gasteiger partial charge on any atom is 0.325 e. The minimum atomic E-state index is -1.81. The number of benzene rings is 1. The van der Waals surface area contributed by atoms with Gasteiger partial charge in [0.15, 0.2) is 0 Å². The van der Waals surface area contributed by atoms with E-state index < -0.39 is 53.7 Å². The number of urea groups is 1. The first-order chi connectivity index (χ1) is 18.6. The van der Waals surface area contributed by atoms with Crippen LogP contribution in [0.4, 0.5) is 15.5 Å². The molecule has 0 bridgehead atoms. The van der Waals surface area contributed by atoms with Crippen molar-refractivity contribution in [3.63, 3.8) is 0 Å². The Morgan fingerprint density at radius 1 is 1.00 bits per heavy atom. The number of anilines is 2. The van der Waals surface area contributed by atoms with Crippen molar-refractivity contribution in [1.82, 2.24) is 10.6 Å². The highest BCUT2D eigenvalue weighted by atomic mass is 35.5. The summed E-state index contributed by atoms with van der Waals surface area (Å²) in [6, 6.07) is 5.64. The van der Waals surface area contributed by atoms with E-state index in [2.05, 4.69) is 21.3 Å². The fourth-order valence-electron chi connectivity index (χ4n) is 3.30. The van der Waals surface area contributed by atoms with Crippen LogP contribution >= 0.6 is 34.5 Å². The smallest absolute Gasteiger partial charge is 0.325 e. The SMILES string of the molecule is CCOC(=O)CNC(=O)C(C)(CC(=O)OC)NC(=O)c1cc(C(C)(C)C)sc1NC(=O)Nc1cccc(Cl)c1Cl. The van der Waals surface area contributed by atoms with Crippen LogP contribution in [0.3, 0.4) is 0 Å². The largest absolute Gasteiger partial charge is 0.469 e. The van der Waals surface area contributed by atoms with Crippen LogP contribution in [-0.4, -0.2) is 55.6 Å². The van der Waals surface area contributed by atoms with Crippen LogP contribution in [0.5, 0.6) is 0 Å². The van der Waals surface area contributed by atoms with E-state index in [1.54, 1.807) is 31.2 Å². The van der Waals surface area contributed by atoms with Crippen LogP contribution in [0.25, 0.3) is 0 Å². The molecule has 0 aliphatic heterocycles. The second-order valence-electron chi connectivity index (χ2n) is 9.81. The van der Waals surface area contributed by atoms with Crippen molar-refractivity contribution in [1.29, 1.82) is 0 Å². The molecule has 0 radical (unpaired) electrons. The van der Waals surface area contributed by atoms with E-state index in [1.807, 2.05) is 20.8 Å². The quantitative estimate of drug-likeness (QED) is 0.282. The molecule has 0 saturated heterocycles. The first-order valence-corrected chi connectivity index (χ1v) is 13.7. The summed E-state index contributed by atoms with van der Waals surface area (Å²) in [4.78, 5) is 64.0. The summed E-state index contributed by atoms with van der Waals surface area (Å²) in [6.45, 7) is 8.38. The van der Waals surface area contributed by atoms with E-state index in [0.717, 1.165) is 12.0 Å². The fourth-order valence-corrected chi connectivity index (χ4v) is 4.75. The molecule has 4 amide bonds. The van der Waals surface area contributed by atoms with Gasteiger partial charge < -0.3 is 25.4 Å². The molecule has 1 aromatic carbocycles. The normalized spacial score (nSPS) is 12.5. The predicted molar refractivity (Wildman–Crippen MR) is 154 cm³/mol. The highest BCUT2D eigenvalue weighted by Crippen LogP contribution is 2.37. The Morgan fingerprint density at radius 2 is 1.68 bits per heavy atom. The van der Waals surface area contributed by atoms with Gasteiger partial charge in [-0.15, -0.1) is 11.3 Å². The Labute approximate surface area is 246 Å². The van der Waals surface area contributed by atoms with E-state index >= 15 is 0 Å². The number of carbonyl (C=O) groups is 5. The number of amides is 4. The van der Waals surface area contributed by atoms with E-state index in [9.17, 15) is 24.0 Å². The molecule has 1 unspecified atom stereocenters. The topological polar surface area (TPSA) is 152 Å². The molecule has 40 heavy (non-hydrogen) atoms. The minimum Gasteiger partial charge on any atom is -0.469 e. The molecule has 218 valence electrons. The van der Waals surface area contributed by atoms with Crippen molar-refractivity contribution in [2.45, 2.75) is 52.0 Å². The summed E-state index contributed by atoms with van der Waals surface area (Å²) in [5, 5.41) is 10.8. The Bertz CT molecular complexity index is 1290. The number of hydrogen-bond acceptors (Lipinski definition) is 8. The van der Waals surface area contributed by atoms with Gasteiger partial charge in [-0.25, -0.2) is 4.79 Å². The summed E-state index contributed by atoms with van der Waals surface area (Å²) < 4.78 is 9.51. The summed E-state index contributed by atoms with van der Waals surface area (Å²) >= 11 is 13.4. The Morgan fingerprint density at radius 3 is 2.27 bits per heavy atom. The molecule has 0 aliphatic carbocycles. The summed E-state index contributed by atoms with van der Waals surface area (Å²) in [7, 11) is 1.14. The molecule has 1 aromatic heterocycles. The lowest BCUT2D eigenvalue weighted by Crippen LogP contribution is -2.58. The van der Waals surface area contributed by atoms with Gasteiger partial charge >= 0.3 is 18.0 Å². The number of nitrogens with one attached hydrogen (secondary N) is 4. The van der Waals surface area contributed by atoms with E-state index in [1.165, 1.54) is 18.3 Å². The van der Waals surface area contributed by atoms with Gasteiger partial charge in [0.1, 0.15) is 17.1 Å². The second kappa shape index (κ2) is 13.8. The number of ether oxygens (including phenoxy) is 2. The summed E-state index contributed by atoms with van der Waals surface area (Å²) in [5.74, 6) is -3.02. The Balaban J connectivity index is 2.37. The lowest BCUT2D eigenvalue weighted by atomic mass is 9.93. The first kappa shape index (κ1) is 32.9. The molecule has 0 saturated carbocycles. The third kappa shape index (κ3) is 8.83. The molecule has 14 heteroatoms. The van der Waals surface area contributed by atoms with Crippen molar-refractivity contribution >= 4 is 75.0 Å². The molecule has 11 nitrogen and oxygen atoms in total. The van der Waals surface area contributed by atoms with Crippen LogP contribution in [0.1, 0.15) is 56.3 Å². The van der Waals surface area contributed by atoms with Crippen LogP contribution in [0, 0.1) is 0 Å². The second-order valence-corrected chi connectivity index (χ2v) is 11.6. The van der Waals surface area contributed by atoms with Gasteiger partial charge in [0.2, 0.25) is 5.91 Å². The van der Waals surface area contributed by atoms with E-state index in [-0.39, 0.29) is 32.9 Å². The van der Waals surface area contributed by atoms with Crippen LogP contribution in [0.2, 0.25) is 10.0 Å². The molecule has 2 aromatic rings. The molecule has 4 N–H and O–H groups in total. The number of hydrogen-bond donors (Lipinski definition) is 4. The predicted octanol–water partition coefficient (Wildman–Crippen LogP) is 4.73. The number of esters is 2. The third-order valence-corrected chi connectivity index (χ3v) is 7.75. The van der Waals surface area contributed by atoms with Gasteiger partial charge in [0, 0.05) is 4.88 Å². The number of rotatable bonds is 10. The number of methoxy groups -OCH3 is 1. The van der Waals surface area contributed by atoms with Gasteiger partial charge in [-0.3, -0.25) is 24.5 Å². The standard InChI is InChI=1S/C26H32Cl2N4O7S/c1-7-39-19(34)13-29-23(36)26(5,12-18(33)38-6)32-21(35)14-11-17(25(2,3)4)40-22(14)31-24(37)30-16-10-8-9-15(27)20(16)28/h8-11H,7,12-13H2,1-6H3,(H,29,36)(H,32,35)(H2,30,31,37). The number of thiophene rings is 1. The highest BCUT2D eigenvalue weighted by Gasteiger charge is 2.39. The molecule has 2 rings (SSSR count). The van der Waals surface area contributed by atoms with Gasteiger partial charge in [-0.1, -0.05) is 50.0 Å². The zero-order valence-electron chi connectivity index (χ0n) is 23.0. The molecular formula is C26H32Cl2N4O7S. The summed E-state index contributed by atoms with van der Waals surface area (Å²) in [6.07, 6.45) is -0.531. The van der Waals surface area contributed by atoms with Crippen molar-refractivity contribution < 1.29 is 33.4 Å². The maximum absolute atomic E-state index is 13.5.